The number of imidazole rings is 2. The molecule has 5 aromatic carbocycles. The van der Waals surface area contributed by atoms with Gasteiger partial charge >= 0.3 is 0 Å². The number of aryl methyl sites for hydroxylation is 1. The van der Waals surface area contributed by atoms with Crippen LogP contribution < -0.4 is 0 Å². The fourth-order valence-electron chi connectivity index (χ4n) is 6.45. The van der Waals surface area contributed by atoms with Gasteiger partial charge in [0.2, 0.25) is 5.78 Å². The lowest BCUT2D eigenvalue weighted by molar-refractivity contribution is 1.08. The van der Waals surface area contributed by atoms with Crippen molar-refractivity contribution < 1.29 is 0 Å². The molecule has 4 aromatic heterocycles. The SMILES string of the molecule is Cc1ccc2nc3n(-c4cccc(-c5cccc(-n6c7ccccc7c7ccccc76)n5)c4)c4ccccc4n3c2c1. The van der Waals surface area contributed by atoms with Gasteiger partial charge in [0.05, 0.1) is 38.8 Å². The first kappa shape index (κ1) is 23.1. The Morgan fingerprint density at radius 1 is 0.500 bits per heavy atom. The molecule has 0 saturated carbocycles. The monoisotopic (exact) mass is 539 g/mol. The summed E-state index contributed by atoms with van der Waals surface area (Å²) in [5.74, 6) is 1.81. The standard InChI is InChI=1S/C37H25N5/c1-24-20-21-30-35(22-24)42-34-18-7-6-17-33(34)40(37(42)39-30)26-11-8-10-25(23-26)29-14-9-19-36(38-29)41-31-15-4-2-12-27(31)28-13-3-5-16-32(28)41/h2-23H,1H3. The van der Waals surface area contributed by atoms with Gasteiger partial charge in [0.25, 0.3) is 0 Å². The van der Waals surface area contributed by atoms with Crippen LogP contribution in [0.1, 0.15) is 5.56 Å². The largest absolute Gasteiger partial charge is 0.294 e. The molecule has 42 heavy (non-hydrogen) atoms. The van der Waals surface area contributed by atoms with Crippen molar-refractivity contribution in [1.29, 1.82) is 0 Å². The molecular formula is C37H25N5. The quantitative estimate of drug-likeness (QED) is 0.225. The molecule has 5 heteroatoms. The van der Waals surface area contributed by atoms with Crippen LogP contribution >= 0.6 is 0 Å². The summed E-state index contributed by atoms with van der Waals surface area (Å²) >= 11 is 0. The molecule has 0 unspecified atom stereocenters. The summed E-state index contributed by atoms with van der Waals surface area (Å²) in [4.78, 5) is 10.3. The molecule has 0 aliphatic rings. The van der Waals surface area contributed by atoms with E-state index in [1.807, 2.05) is 0 Å². The van der Waals surface area contributed by atoms with Gasteiger partial charge in [0, 0.05) is 22.0 Å². The predicted molar refractivity (Wildman–Crippen MR) is 172 cm³/mol. The number of pyridine rings is 1. The molecule has 0 aliphatic carbocycles. The van der Waals surface area contributed by atoms with Crippen LogP contribution in [0, 0.1) is 6.92 Å². The van der Waals surface area contributed by atoms with Gasteiger partial charge in [-0.25, -0.2) is 9.97 Å². The summed E-state index contributed by atoms with van der Waals surface area (Å²) in [5, 5.41) is 2.46. The van der Waals surface area contributed by atoms with Gasteiger partial charge < -0.3 is 0 Å². The lowest BCUT2D eigenvalue weighted by Crippen LogP contribution is -1.99. The average Bonchev–Trinajstić information content (AvgIpc) is 3.68. The zero-order valence-electron chi connectivity index (χ0n) is 22.9. The first-order valence-electron chi connectivity index (χ1n) is 14.2. The maximum absolute atomic E-state index is 5.21. The molecule has 198 valence electrons. The number of para-hydroxylation sites is 4. The Balaban J connectivity index is 1.24. The van der Waals surface area contributed by atoms with Crippen molar-refractivity contribution in [2.45, 2.75) is 6.92 Å². The zero-order valence-corrected chi connectivity index (χ0v) is 22.9. The minimum Gasteiger partial charge on any atom is -0.294 e. The summed E-state index contributed by atoms with van der Waals surface area (Å²) in [7, 11) is 0. The van der Waals surface area contributed by atoms with E-state index in [0.29, 0.717) is 0 Å². The molecule has 0 N–H and O–H groups in total. The van der Waals surface area contributed by atoms with Crippen molar-refractivity contribution in [3.63, 3.8) is 0 Å². The molecule has 0 saturated heterocycles. The summed E-state index contributed by atoms with van der Waals surface area (Å²) in [6.07, 6.45) is 0. The van der Waals surface area contributed by atoms with Crippen molar-refractivity contribution in [3.8, 4) is 22.8 Å². The summed E-state index contributed by atoms with van der Waals surface area (Å²) in [6.45, 7) is 2.13. The fraction of sp³-hybridized carbons (Fsp3) is 0.0270. The number of hydrogen-bond donors (Lipinski definition) is 0. The number of nitrogens with zero attached hydrogens (tertiary/aromatic N) is 5. The molecule has 9 aromatic rings. The highest BCUT2D eigenvalue weighted by atomic mass is 15.2. The van der Waals surface area contributed by atoms with E-state index in [1.54, 1.807) is 0 Å². The highest BCUT2D eigenvalue weighted by molar-refractivity contribution is 6.09. The average molecular weight is 540 g/mol. The number of rotatable bonds is 3. The third-order valence-corrected chi connectivity index (χ3v) is 8.30. The van der Waals surface area contributed by atoms with Crippen LogP contribution in [-0.2, 0) is 0 Å². The molecule has 0 bridgehead atoms. The lowest BCUT2D eigenvalue weighted by atomic mass is 10.1. The molecular weight excluding hydrogens is 514 g/mol. The van der Waals surface area contributed by atoms with Crippen LogP contribution in [0.25, 0.3) is 72.4 Å². The van der Waals surface area contributed by atoms with Gasteiger partial charge in [0.1, 0.15) is 5.82 Å². The maximum Gasteiger partial charge on any atom is 0.220 e. The van der Waals surface area contributed by atoms with E-state index < -0.39 is 0 Å². The molecule has 0 aliphatic heterocycles. The van der Waals surface area contributed by atoms with Crippen molar-refractivity contribution in [1.82, 2.24) is 23.5 Å². The van der Waals surface area contributed by atoms with Crippen LogP contribution in [0.5, 0.6) is 0 Å². The van der Waals surface area contributed by atoms with Crippen molar-refractivity contribution >= 4 is 49.7 Å². The predicted octanol–water partition coefficient (Wildman–Crippen LogP) is 8.90. The van der Waals surface area contributed by atoms with Crippen molar-refractivity contribution in [2.75, 3.05) is 0 Å². The summed E-state index contributed by atoms with van der Waals surface area (Å²) < 4.78 is 6.79. The Kier molecular flexibility index (Phi) is 4.75. The Morgan fingerprint density at radius 2 is 1.19 bits per heavy atom. The summed E-state index contributed by atoms with van der Waals surface area (Å²) in [5.41, 5.74) is 10.9. The molecule has 0 radical (unpaired) electrons. The van der Waals surface area contributed by atoms with E-state index in [0.717, 1.165) is 61.6 Å². The van der Waals surface area contributed by atoms with Crippen LogP contribution in [0.3, 0.4) is 0 Å². The Bertz CT molecular complexity index is 2440. The Morgan fingerprint density at radius 3 is 1.98 bits per heavy atom. The minimum absolute atomic E-state index is 0.902. The van der Waals surface area contributed by atoms with Gasteiger partial charge in [0.15, 0.2) is 0 Å². The Labute approximate surface area is 241 Å². The van der Waals surface area contributed by atoms with Crippen molar-refractivity contribution in [2.24, 2.45) is 0 Å². The summed E-state index contributed by atoms with van der Waals surface area (Å²) in [6, 6.07) is 46.9. The number of benzene rings is 5. The maximum atomic E-state index is 5.21. The van der Waals surface area contributed by atoms with E-state index in [4.69, 9.17) is 9.97 Å². The van der Waals surface area contributed by atoms with Gasteiger partial charge in [-0.2, -0.15) is 0 Å². The van der Waals surface area contributed by atoms with E-state index in [1.165, 1.54) is 16.3 Å². The smallest absolute Gasteiger partial charge is 0.220 e. The second-order valence-corrected chi connectivity index (χ2v) is 10.9. The van der Waals surface area contributed by atoms with Crippen molar-refractivity contribution in [3.05, 3.63) is 139 Å². The minimum atomic E-state index is 0.902. The second kappa shape index (κ2) is 8.66. The van der Waals surface area contributed by atoms with E-state index in [2.05, 4.69) is 154 Å². The first-order valence-corrected chi connectivity index (χ1v) is 14.2. The number of fused-ring (bicyclic) bond motifs is 8. The molecule has 0 amide bonds. The van der Waals surface area contributed by atoms with E-state index >= 15 is 0 Å². The highest BCUT2D eigenvalue weighted by Crippen LogP contribution is 2.33. The molecule has 9 rings (SSSR count). The third kappa shape index (κ3) is 3.25. The van der Waals surface area contributed by atoms with Crippen LogP contribution in [0.4, 0.5) is 0 Å². The highest BCUT2D eigenvalue weighted by Gasteiger charge is 2.18. The molecule has 0 spiro atoms. The second-order valence-electron chi connectivity index (χ2n) is 10.9. The zero-order chi connectivity index (χ0) is 27.8. The first-order chi connectivity index (χ1) is 20.7. The number of hydrogen-bond acceptors (Lipinski definition) is 2. The molecule has 5 nitrogen and oxygen atoms in total. The van der Waals surface area contributed by atoms with E-state index in [9.17, 15) is 0 Å². The molecule has 0 atom stereocenters. The van der Waals surface area contributed by atoms with Gasteiger partial charge in [-0.3, -0.25) is 13.5 Å². The van der Waals surface area contributed by atoms with Crippen LogP contribution in [0.15, 0.2) is 133 Å². The molecule has 0 fully saturated rings. The Hall–Kier alpha value is -5.68. The van der Waals surface area contributed by atoms with E-state index in [-0.39, 0.29) is 0 Å². The number of aromatic nitrogens is 5. The van der Waals surface area contributed by atoms with Crippen LogP contribution in [-0.4, -0.2) is 23.5 Å². The molecule has 4 heterocycles. The topological polar surface area (TPSA) is 40.0 Å². The fourth-order valence-corrected chi connectivity index (χ4v) is 6.45. The van der Waals surface area contributed by atoms with Gasteiger partial charge in [-0.1, -0.05) is 72.8 Å². The van der Waals surface area contributed by atoms with Gasteiger partial charge in [-0.05, 0) is 73.2 Å². The van der Waals surface area contributed by atoms with Gasteiger partial charge in [-0.15, -0.1) is 0 Å². The lowest BCUT2D eigenvalue weighted by Gasteiger charge is -2.11. The third-order valence-electron chi connectivity index (χ3n) is 8.30. The normalized spacial score (nSPS) is 11.9. The van der Waals surface area contributed by atoms with Crippen LogP contribution in [0.2, 0.25) is 0 Å².